The Morgan fingerprint density at radius 1 is 1.16 bits per heavy atom. The third-order valence-electron chi connectivity index (χ3n) is 3.79. The Hall–Kier alpha value is -3.35. The second-order valence-corrected chi connectivity index (χ2v) is 5.47. The highest BCUT2D eigenvalue weighted by atomic mass is 16.7. The molecule has 0 aliphatic carbocycles. The van der Waals surface area contributed by atoms with Gasteiger partial charge in [0.15, 0.2) is 18.1 Å². The van der Waals surface area contributed by atoms with Gasteiger partial charge in [-0.25, -0.2) is 4.79 Å². The molecule has 0 saturated carbocycles. The first-order chi connectivity index (χ1) is 12.2. The Morgan fingerprint density at radius 3 is 2.88 bits per heavy atom. The number of esters is 1. The summed E-state index contributed by atoms with van der Waals surface area (Å²) in [5.41, 5.74) is 2.27. The zero-order chi connectivity index (χ0) is 17.2. The highest BCUT2D eigenvalue weighted by Gasteiger charge is 2.18. The van der Waals surface area contributed by atoms with Crippen molar-refractivity contribution >= 4 is 5.97 Å². The van der Waals surface area contributed by atoms with Crippen LogP contribution in [0.4, 0.5) is 0 Å². The van der Waals surface area contributed by atoms with Crippen LogP contribution in [0.25, 0.3) is 11.4 Å². The molecule has 4 rings (SSSR count). The lowest BCUT2D eigenvalue weighted by molar-refractivity contribution is 0.0429. The van der Waals surface area contributed by atoms with E-state index in [2.05, 4.69) is 10.1 Å². The minimum absolute atomic E-state index is 0.105. The number of carbonyl (C=O) groups is 1. The molecule has 7 heteroatoms. The molecule has 126 valence electrons. The Labute approximate surface area is 143 Å². The zero-order valence-electron chi connectivity index (χ0n) is 13.4. The molecule has 1 aromatic heterocycles. The van der Waals surface area contributed by atoms with Gasteiger partial charge < -0.3 is 18.7 Å². The van der Waals surface area contributed by atoms with Crippen molar-refractivity contribution in [2.45, 2.75) is 13.5 Å². The third-order valence-corrected chi connectivity index (χ3v) is 3.79. The van der Waals surface area contributed by atoms with Gasteiger partial charge in [0, 0.05) is 5.56 Å². The molecule has 3 aromatic rings. The molecule has 0 atom stereocenters. The first-order valence-corrected chi connectivity index (χ1v) is 7.66. The minimum atomic E-state index is -0.506. The normalized spacial score (nSPS) is 12.2. The van der Waals surface area contributed by atoms with Crippen molar-refractivity contribution in [3.05, 3.63) is 59.5 Å². The van der Waals surface area contributed by atoms with Gasteiger partial charge in [0.1, 0.15) is 0 Å². The van der Waals surface area contributed by atoms with E-state index in [9.17, 15) is 4.79 Å². The molecule has 0 unspecified atom stereocenters. The van der Waals surface area contributed by atoms with Gasteiger partial charge in [0.05, 0.1) is 5.56 Å². The molecule has 1 aliphatic heterocycles. The zero-order valence-corrected chi connectivity index (χ0v) is 13.4. The van der Waals surface area contributed by atoms with E-state index in [1.807, 2.05) is 31.2 Å². The molecule has 0 N–H and O–H groups in total. The summed E-state index contributed by atoms with van der Waals surface area (Å²) in [6.45, 7) is 2.01. The molecule has 0 radical (unpaired) electrons. The summed E-state index contributed by atoms with van der Waals surface area (Å²) in [7, 11) is 0. The first-order valence-electron chi connectivity index (χ1n) is 7.66. The van der Waals surface area contributed by atoms with E-state index in [0.29, 0.717) is 22.9 Å². The summed E-state index contributed by atoms with van der Waals surface area (Å²) >= 11 is 0. The lowest BCUT2D eigenvalue weighted by Crippen LogP contribution is -2.05. The average molecular weight is 338 g/mol. The lowest BCUT2D eigenvalue weighted by Gasteiger charge is -2.03. The van der Waals surface area contributed by atoms with Crippen LogP contribution in [0.5, 0.6) is 11.5 Å². The Bertz CT molecular complexity index is 935. The molecule has 0 fully saturated rings. The van der Waals surface area contributed by atoms with Gasteiger partial charge >= 0.3 is 5.97 Å². The molecule has 0 amide bonds. The largest absolute Gasteiger partial charge is 0.454 e. The fourth-order valence-corrected chi connectivity index (χ4v) is 2.48. The van der Waals surface area contributed by atoms with Crippen molar-refractivity contribution in [1.29, 1.82) is 0 Å². The van der Waals surface area contributed by atoms with Crippen LogP contribution in [-0.4, -0.2) is 22.9 Å². The van der Waals surface area contributed by atoms with E-state index in [4.69, 9.17) is 18.7 Å². The van der Waals surface area contributed by atoms with Crippen molar-refractivity contribution in [3.63, 3.8) is 0 Å². The predicted molar refractivity (Wildman–Crippen MR) is 86.2 cm³/mol. The number of rotatable bonds is 4. The van der Waals surface area contributed by atoms with Gasteiger partial charge in [0.2, 0.25) is 12.6 Å². The topological polar surface area (TPSA) is 83.7 Å². The third kappa shape index (κ3) is 3.03. The van der Waals surface area contributed by atoms with Crippen LogP contribution >= 0.6 is 0 Å². The van der Waals surface area contributed by atoms with Crippen molar-refractivity contribution in [2.75, 3.05) is 6.79 Å². The molecular weight excluding hydrogens is 324 g/mol. The molecule has 0 spiro atoms. The van der Waals surface area contributed by atoms with Gasteiger partial charge in [-0.15, -0.1) is 0 Å². The molecule has 0 saturated heterocycles. The molecule has 2 heterocycles. The fourth-order valence-electron chi connectivity index (χ4n) is 2.48. The minimum Gasteiger partial charge on any atom is -0.454 e. The van der Waals surface area contributed by atoms with Crippen LogP contribution in [-0.2, 0) is 11.3 Å². The van der Waals surface area contributed by atoms with Crippen LogP contribution in [0.3, 0.4) is 0 Å². The molecule has 2 aromatic carbocycles. The first kappa shape index (κ1) is 15.2. The number of aromatic nitrogens is 2. The predicted octanol–water partition coefficient (Wildman–Crippen LogP) is 3.13. The Kier molecular flexibility index (Phi) is 3.81. The summed E-state index contributed by atoms with van der Waals surface area (Å²) in [6, 6.07) is 12.6. The maximum atomic E-state index is 12.1. The Balaban J connectivity index is 1.43. The standard InChI is InChI=1S/C18H14N2O5/c1-11-4-2-3-5-13(11)17-19-16(25-20-17)9-22-18(21)12-6-7-14-15(8-12)24-10-23-14/h2-8H,9-10H2,1H3. The summed E-state index contributed by atoms with van der Waals surface area (Å²) in [6.07, 6.45) is 0. The smallest absolute Gasteiger partial charge is 0.338 e. The van der Waals surface area contributed by atoms with Crippen molar-refractivity contribution in [3.8, 4) is 22.9 Å². The Morgan fingerprint density at radius 2 is 2.00 bits per heavy atom. The van der Waals surface area contributed by atoms with Crippen molar-refractivity contribution < 1.29 is 23.5 Å². The van der Waals surface area contributed by atoms with Crippen molar-refractivity contribution in [1.82, 2.24) is 10.1 Å². The van der Waals surface area contributed by atoms with Gasteiger partial charge in [-0.3, -0.25) is 0 Å². The molecule has 1 aliphatic rings. The second kappa shape index (κ2) is 6.27. The number of ether oxygens (including phenoxy) is 3. The van der Waals surface area contributed by atoms with E-state index >= 15 is 0 Å². The van der Waals surface area contributed by atoms with Gasteiger partial charge in [-0.1, -0.05) is 29.4 Å². The number of hydrogen-bond acceptors (Lipinski definition) is 7. The summed E-state index contributed by atoms with van der Waals surface area (Å²) in [5.74, 6) is 1.32. The van der Waals surface area contributed by atoms with E-state index < -0.39 is 5.97 Å². The monoisotopic (exact) mass is 338 g/mol. The van der Waals surface area contributed by atoms with Crippen LogP contribution < -0.4 is 9.47 Å². The van der Waals surface area contributed by atoms with Crippen LogP contribution in [0.1, 0.15) is 21.8 Å². The van der Waals surface area contributed by atoms with Crippen LogP contribution in [0.2, 0.25) is 0 Å². The molecular formula is C18H14N2O5. The number of hydrogen-bond donors (Lipinski definition) is 0. The lowest BCUT2D eigenvalue weighted by atomic mass is 10.1. The van der Waals surface area contributed by atoms with E-state index in [0.717, 1.165) is 11.1 Å². The fraction of sp³-hybridized carbons (Fsp3) is 0.167. The molecule has 25 heavy (non-hydrogen) atoms. The van der Waals surface area contributed by atoms with E-state index in [1.165, 1.54) is 0 Å². The van der Waals surface area contributed by atoms with Gasteiger partial charge in [0.25, 0.3) is 5.89 Å². The molecule has 0 bridgehead atoms. The SMILES string of the molecule is Cc1ccccc1-c1noc(COC(=O)c2ccc3c(c2)OCO3)n1. The quantitative estimate of drug-likeness (QED) is 0.676. The number of nitrogens with zero attached hydrogens (tertiary/aromatic N) is 2. The number of carbonyl (C=O) groups excluding carboxylic acids is 1. The van der Waals surface area contributed by atoms with Crippen molar-refractivity contribution in [2.24, 2.45) is 0 Å². The van der Waals surface area contributed by atoms with Crippen LogP contribution in [0, 0.1) is 6.92 Å². The van der Waals surface area contributed by atoms with E-state index in [1.54, 1.807) is 18.2 Å². The summed E-state index contributed by atoms with van der Waals surface area (Å²) < 4.78 is 20.8. The van der Waals surface area contributed by atoms with Gasteiger partial charge in [-0.2, -0.15) is 4.98 Å². The maximum Gasteiger partial charge on any atom is 0.338 e. The van der Waals surface area contributed by atoms with E-state index in [-0.39, 0.29) is 19.3 Å². The maximum absolute atomic E-state index is 12.1. The number of fused-ring (bicyclic) bond motifs is 1. The number of benzene rings is 2. The second-order valence-electron chi connectivity index (χ2n) is 5.47. The number of aryl methyl sites for hydroxylation is 1. The summed E-state index contributed by atoms with van der Waals surface area (Å²) in [4.78, 5) is 16.4. The summed E-state index contributed by atoms with van der Waals surface area (Å²) in [5, 5.41) is 3.93. The highest BCUT2D eigenvalue weighted by molar-refractivity contribution is 5.90. The van der Waals surface area contributed by atoms with Gasteiger partial charge in [-0.05, 0) is 30.7 Å². The average Bonchev–Trinajstić information content (AvgIpc) is 3.28. The highest BCUT2D eigenvalue weighted by Crippen LogP contribution is 2.32. The van der Waals surface area contributed by atoms with Crippen LogP contribution in [0.15, 0.2) is 47.0 Å². The molecule has 7 nitrogen and oxygen atoms in total.